The molecule has 0 aliphatic heterocycles. The van der Waals surface area contributed by atoms with Gasteiger partial charge in [0.15, 0.2) is 0 Å². The fourth-order valence-electron chi connectivity index (χ4n) is 1.85. The second-order valence-electron chi connectivity index (χ2n) is 4.91. The van der Waals surface area contributed by atoms with Crippen molar-refractivity contribution in [3.63, 3.8) is 0 Å². The predicted molar refractivity (Wildman–Crippen MR) is 86.4 cm³/mol. The fraction of sp³-hybridized carbons (Fsp3) is 0.167. The molecular weight excluding hydrogens is 279 g/mol. The summed E-state index contributed by atoms with van der Waals surface area (Å²) in [6.45, 7) is 0.166. The zero-order valence-electron chi connectivity index (χ0n) is 12.6. The van der Waals surface area contributed by atoms with Crippen molar-refractivity contribution in [2.24, 2.45) is 0 Å². The molecule has 0 saturated heterocycles. The maximum absolute atomic E-state index is 13.4. The number of anilines is 1. The highest BCUT2D eigenvalue weighted by atomic mass is 19.1. The molecule has 1 N–H and O–H groups in total. The quantitative estimate of drug-likeness (QED) is 0.883. The Hall–Kier alpha value is -2.80. The van der Waals surface area contributed by atoms with E-state index in [1.165, 1.54) is 6.07 Å². The summed E-state index contributed by atoms with van der Waals surface area (Å²) in [4.78, 5) is 14.0. The van der Waals surface area contributed by atoms with Gasteiger partial charge in [0, 0.05) is 25.3 Å². The number of hydrogen-bond donors (Lipinski definition) is 1. The average Bonchev–Trinajstić information content (AvgIpc) is 2.53. The molecule has 4 heteroatoms. The molecule has 2 aromatic carbocycles. The molecule has 0 spiro atoms. The van der Waals surface area contributed by atoms with Gasteiger partial charge in [0.1, 0.15) is 5.82 Å². The van der Waals surface area contributed by atoms with Crippen LogP contribution in [-0.2, 0) is 0 Å². The Morgan fingerprint density at radius 1 is 1.18 bits per heavy atom. The summed E-state index contributed by atoms with van der Waals surface area (Å²) in [5.74, 6) is 4.89. The normalized spacial score (nSPS) is 9.59. The topological polar surface area (TPSA) is 32.3 Å². The lowest BCUT2D eigenvalue weighted by Gasteiger charge is -2.13. The van der Waals surface area contributed by atoms with Crippen LogP contribution in [0, 0.1) is 17.7 Å². The maximum atomic E-state index is 13.4. The van der Waals surface area contributed by atoms with Gasteiger partial charge < -0.3 is 10.2 Å². The van der Waals surface area contributed by atoms with Crippen LogP contribution in [0.5, 0.6) is 0 Å². The number of carbonyl (C=O) groups is 1. The summed E-state index contributed by atoms with van der Waals surface area (Å²) < 4.78 is 13.4. The largest absolute Gasteiger partial charge is 0.378 e. The minimum atomic E-state index is -0.361. The number of benzene rings is 2. The third-order valence-corrected chi connectivity index (χ3v) is 3.06. The molecule has 3 nitrogen and oxygen atoms in total. The lowest BCUT2D eigenvalue weighted by Crippen LogP contribution is -2.24. The number of amides is 1. The highest BCUT2D eigenvalue weighted by molar-refractivity contribution is 5.95. The first-order valence-electron chi connectivity index (χ1n) is 6.87. The van der Waals surface area contributed by atoms with Crippen molar-refractivity contribution >= 4 is 11.6 Å². The van der Waals surface area contributed by atoms with Gasteiger partial charge in [-0.25, -0.2) is 4.39 Å². The SMILES string of the molecule is CN(C)c1cccc(C(=O)NCC#Cc2ccccc2F)c1. The molecule has 0 heterocycles. The van der Waals surface area contributed by atoms with E-state index in [4.69, 9.17) is 0 Å². The number of rotatable bonds is 3. The lowest BCUT2D eigenvalue weighted by atomic mass is 10.2. The smallest absolute Gasteiger partial charge is 0.252 e. The van der Waals surface area contributed by atoms with Crippen molar-refractivity contribution in [3.8, 4) is 11.8 Å². The van der Waals surface area contributed by atoms with Gasteiger partial charge in [-0.3, -0.25) is 4.79 Å². The molecule has 2 rings (SSSR count). The van der Waals surface area contributed by atoms with Gasteiger partial charge in [0.2, 0.25) is 0 Å². The summed E-state index contributed by atoms with van der Waals surface area (Å²) in [7, 11) is 3.83. The molecule has 0 aliphatic rings. The number of nitrogens with zero attached hydrogens (tertiary/aromatic N) is 1. The Kier molecular flexibility index (Phi) is 5.16. The zero-order valence-corrected chi connectivity index (χ0v) is 12.6. The number of hydrogen-bond acceptors (Lipinski definition) is 2. The minimum Gasteiger partial charge on any atom is -0.378 e. The molecule has 0 aliphatic carbocycles. The van der Waals surface area contributed by atoms with E-state index < -0.39 is 0 Å². The van der Waals surface area contributed by atoms with Crippen molar-refractivity contribution in [2.75, 3.05) is 25.5 Å². The highest BCUT2D eigenvalue weighted by Gasteiger charge is 2.05. The van der Waals surface area contributed by atoms with Crippen molar-refractivity contribution in [1.29, 1.82) is 0 Å². The van der Waals surface area contributed by atoms with E-state index >= 15 is 0 Å². The third kappa shape index (κ3) is 4.10. The van der Waals surface area contributed by atoms with Gasteiger partial charge in [-0.1, -0.05) is 30.0 Å². The summed E-state index contributed by atoms with van der Waals surface area (Å²) in [5, 5.41) is 2.70. The Bertz CT molecular complexity index is 729. The average molecular weight is 296 g/mol. The summed E-state index contributed by atoms with van der Waals surface area (Å²) in [5.41, 5.74) is 1.84. The Labute approximate surface area is 129 Å². The van der Waals surface area contributed by atoms with Crippen LogP contribution in [0.4, 0.5) is 10.1 Å². The van der Waals surface area contributed by atoms with Crippen molar-refractivity contribution in [1.82, 2.24) is 5.32 Å². The molecule has 0 atom stereocenters. The molecule has 22 heavy (non-hydrogen) atoms. The second-order valence-corrected chi connectivity index (χ2v) is 4.91. The van der Waals surface area contributed by atoms with E-state index in [2.05, 4.69) is 17.2 Å². The first kappa shape index (κ1) is 15.6. The van der Waals surface area contributed by atoms with E-state index in [9.17, 15) is 9.18 Å². The molecule has 0 saturated carbocycles. The Morgan fingerprint density at radius 2 is 1.95 bits per heavy atom. The molecule has 0 aromatic heterocycles. The zero-order chi connectivity index (χ0) is 15.9. The van der Waals surface area contributed by atoms with E-state index in [1.54, 1.807) is 30.3 Å². The molecule has 0 radical (unpaired) electrons. The predicted octanol–water partition coefficient (Wildman–Crippen LogP) is 2.67. The molecule has 0 fully saturated rings. The van der Waals surface area contributed by atoms with Crippen LogP contribution < -0.4 is 10.2 Å². The molecule has 112 valence electrons. The van der Waals surface area contributed by atoms with Crippen molar-refractivity contribution in [3.05, 3.63) is 65.5 Å². The van der Waals surface area contributed by atoms with Crippen LogP contribution in [-0.4, -0.2) is 26.5 Å². The number of carbonyl (C=O) groups excluding carboxylic acids is 1. The molecule has 2 aromatic rings. The number of halogens is 1. The molecule has 1 amide bonds. The van der Waals surface area contributed by atoms with Gasteiger partial charge in [-0.05, 0) is 30.3 Å². The van der Waals surface area contributed by atoms with Crippen LogP contribution >= 0.6 is 0 Å². The van der Waals surface area contributed by atoms with Crippen molar-refractivity contribution < 1.29 is 9.18 Å². The first-order chi connectivity index (χ1) is 10.6. The standard InChI is InChI=1S/C18H17FN2O/c1-21(2)16-10-5-8-15(13-16)18(22)20-12-6-9-14-7-3-4-11-17(14)19/h3-5,7-8,10-11,13H,12H2,1-2H3,(H,20,22). The van der Waals surface area contributed by atoms with Crippen LogP contribution in [0.1, 0.15) is 15.9 Å². The van der Waals surface area contributed by atoms with Gasteiger partial charge in [-0.15, -0.1) is 0 Å². The summed E-state index contributed by atoms with van der Waals surface area (Å²) >= 11 is 0. The first-order valence-corrected chi connectivity index (χ1v) is 6.87. The van der Waals surface area contributed by atoms with Gasteiger partial charge in [0.25, 0.3) is 5.91 Å². The van der Waals surface area contributed by atoms with Gasteiger partial charge in [-0.2, -0.15) is 0 Å². The van der Waals surface area contributed by atoms with Crippen LogP contribution in [0.2, 0.25) is 0 Å². The van der Waals surface area contributed by atoms with Crippen LogP contribution in [0.15, 0.2) is 48.5 Å². The van der Waals surface area contributed by atoms with Crippen LogP contribution in [0.3, 0.4) is 0 Å². The van der Waals surface area contributed by atoms with E-state index in [0.717, 1.165) is 5.69 Å². The molecule has 0 bridgehead atoms. The second kappa shape index (κ2) is 7.28. The third-order valence-electron chi connectivity index (χ3n) is 3.06. The fourth-order valence-corrected chi connectivity index (χ4v) is 1.85. The van der Waals surface area contributed by atoms with Crippen molar-refractivity contribution in [2.45, 2.75) is 0 Å². The highest BCUT2D eigenvalue weighted by Crippen LogP contribution is 2.13. The lowest BCUT2D eigenvalue weighted by molar-refractivity contribution is 0.0958. The van der Waals surface area contributed by atoms with Crippen LogP contribution in [0.25, 0.3) is 0 Å². The molecular formula is C18H17FN2O. The summed E-state index contributed by atoms with van der Waals surface area (Å²) in [6.07, 6.45) is 0. The summed E-state index contributed by atoms with van der Waals surface area (Å²) in [6, 6.07) is 13.6. The monoisotopic (exact) mass is 296 g/mol. The minimum absolute atomic E-state index is 0.166. The number of nitrogens with one attached hydrogen (secondary N) is 1. The Morgan fingerprint density at radius 3 is 2.68 bits per heavy atom. The van der Waals surface area contributed by atoms with Gasteiger partial charge >= 0.3 is 0 Å². The molecule has 0 unspecified atom stereocenters. The Balaban J connectivity index is 1.97. The maximum Gasteiger partial charge on any atom is 0.252 e. The van der Waals surface area contributed by atoms with E-state index in [0.29, 0.717) is 11.1 Å². The van der Waals surface area contributed by atoms with E-state index in [1.807, 2.05) is 31.1 Å². The van der Waals surface area contributed by atoms with E-state index in [-0.39, 0.29) is 18.3 Å². The van der Waals surface area contributed by atoms with Gasteiger partial charge in [0.05, 0.1) is 12.1 Å².